The van der Waals surface area contributed by atoms with Crippen LogP contribution in [0.4, 0.5) is 0 Å². The van der Waals surface area contributed by atoms with E-state index in [1.165, 1.54) is 148 Å². The Morgan fingerprint density at radius 3 is 0.854 bits per heavy atom. The number of aliphatic hydroxyl groups is 1. The molecule has 3 N–H and O–H groups in total. The molecule has 19 heteroatoms. The van der Waals surface area contributed by atoms with Crippen LogP contribution < -0.4 is 0 Å². The molecule has 0 bridgehead atoms. The lowest BCUT2D eigenvalue weighted by Gasteiger charge is -2.21. The smallest absolute Gasteiger partial charge is 0.462 e. The number of rotatable bonds is 68. The van der Waals surface area contributed by atoms with Gasteiger partial charge in [0.1, 0.15) is 19.3 Å². The molecule has 0 aliphatic carbocycles. The topological polar surface area (TPSA) is 237 Å². The van der Waals surface area contributed by atoms with Crippen molar-refractivity contribution in [2.45, 2.75) is 369 Å². The van der Waals surface area contributed by atoms with E-state index in [0.29, 0.717) is 25.7 Å². The molecule has 0 fully saturated rings. The van der Waals surface area contributed by atoms with Crippen molar-refractivity contribution >= 4 is 39.5 Å². The molecule has 0 aliphatic rings. The molecule has 528 valence electrons. The van der Waals surface area contributed by atoms with Crippen molar-refractivity contribution in [3.05, 3.63) is 0 Å². The molecule has 0 radical (unpaired) electrons. The number of hydrogen-bond donors (Lipinski definition) is 3. The molecule has 0 rings (SSSR count). The third-order valence-corrected chi connectivity index (χ3v) is 18.4. The summed E-state index contributed by atoms with van der Waals surface area (Å²) < 4.78 is 68.1. The summed E-state index contributed by atoms with van der Waals surface area (Å²) in [5, 5.41) is 10.6. The second-order valence-electron chi connectivity index (χ2n) is 26.5. The van der Waals surface area contributed by atoms with Gasteiger partial charge in [-0.25, -0.2) is 9.13 Å². The quantitative estimate of drug-likeness (QED) is 0.0222. The minimum atomic E-state index is -4.95. The molecule has 0 amide bonds. The van der Waals surface area contributed by atoms with Crippen molar-refractivity contribution < 1.29 is 80.2 Å². The Hall–Kier alpha value is -1.94. The van der Waals surface area contributed by atoms with Gasteiger partial charge in [-0.05, 0) is 43.4 Å². The van der Waals surface area contributed by atoms with Crippen LogP contribution >= 0.6 is 15.6 Å². The van der Waals surface area contributed by atoms with Crippen LogP contribution in [0, 0.1) is 17.8 Å². The van der Waals surface area contributed by atoms with Gasteiger partial charge in [0.25, 0.3) is 0 Å². The molecule has 6 atom stereocenters. The summed E-state index contributed by atoms with van der Waals surface area (Å²) in [7, 11) is -9.89. The molecule has 0 aliphatic heterocycles. The molecule has 17 nitrogen and oxygen atoms in total. The summed E-state index contributed by atoms with van der Waals surface area (Å²) >= 11 is 0. The minimum absolute atomic E-state index is 0.102. The summed E-state index contributed by atoms with van der Waals surface area (Å²) in [5.74, 6) is 0.132. The molecule has 0 aromatic heterocycles. The molecule has 3 unspecified atom stereocenters. The lowest BCUT2D eigenvalue weighted by atomic mass is 10.00. The Bertz CT molecular complexity index is 1750. The number of aliphatic hydroxyl groups excluding tert-OH is 1. The SMILES string of the molecule is CCCCCCCCCC(=O)OC[C@H](COP(=O)(O)OC[C@H](O)COP(=O)(O)OC[C@@H](COC(=O)CCCCCCCCCCC(C)C)OC(=O)CCCCCCCCCCCCCCCCCCCCC(C)C)OC(=O)CCCCCCCCC(C)CC. The Labute approximate surface area is 543 Å². The number of phosphoric acid groups is 2. The highest BCUT2D eigenvalue weighted by molar-refractivity contribution is 7.47. The van der Waals surface area contributed by atoms with Gasteiger partial charge in [-0.3, -0.25) is 37.3 Å². The second kappa shape index (κ2) is 61.0. The van der Waals surface area contributed by atoms with E-state index in [1.807, 2.05) is 0 Å². The zero-order chi connectivity index (χ0) is 65.9. The van der Waals surface area contributed by atoms with E-state index in [0.717, 1.165) is 120 Å². The zero-order valence-corrected chi connectivity index (χ0v) is 59.7. The number of carbonyl (C=O) groups is 4. The van der Waals surface area contributed by atoms with E-state index in [2.05, 4.69) is 48.5 Å². The van der Waals surface area contributed by atoms with E-state index in [9.17, 15) is 43.2 Å². The second-order valence-corrected chi connectivity index (χ2v) is 29.4. The number of esters is 4. The van der Waals surface area contributed by atoms with Crippen LogP contribution in [0.5, 0.6) is 0 Å². The summed E-state index contributed by atoms with van der Waals surface area (Å²) in [6.07, 6.45) is 44.8. The summed E-state index contributed by atoms with van der Waals surface area (Å²) in [5.41, 5.74) is 0. The lowest BCUT2D eigenvalue weighted by Crippen LogP contribution is -2.30. The average Bonchev–Trinajstić information content (AvgIpc) is 3.63. The minimum Gasteiger partial charge on any atom is -0.462 e. The Morgan fingerprint density at radius 1 is 0.326 bits per heavy atom. The van der Waals surface area contributed by atoms with Gasteiger partial charge >= 0.3 is 39.5 Å². The van der Waals surface area contributed by atoms with Gasteiger partial charge in [-0.2, -0.15) is 0 Å². The molecule has 0 spiro atoms. The first-order chi connectivity index (χ1) is 42.8. The van der Waals surface area contributed by atoms with Crippen LogP contribution in [-0.4, -0.2) is 96.7 Å². The standard InChI is InChI=1S/C70H136O17P2/c1-8-10-11-12-27-37-44-51-67(72)80-57-66(87-70(75)54-47-40-33-32-36-43-50-63(7)9-2)60-85-89(78,79)83-56-64(71)55-82-88(76,77)84-59-65(58-81-68(73)52-45-38-30-26-25-29-35-42-49-62(5)6)86-69(74)53-46-39-31-24-22-20-18-16-14-13-15-17-19-21-23-28-34-41-48-61(3)4/h61-66,71H,8-60H2,1-7H3,(H,76,77)(H,78,79)/t63?,64-,65-,66-/m1/s1. The van der Waals surface area contributed by atoms with Gasteiger partial charge in [0.2, 0.25) is 0 Å². The molecular weight excluding hydrogens is 1170 g/mol. The maximum atomic E-state index is 13.0. The van der Waals surface area contributed by atoms with Crippen LogP contribution in [-0.2, 0) is 65.4 Å². The number of ether oxygens (including phenoxy) is 4. The Kier molecular flexibility index (Phi) is 59.6. The summed E-state index contributed by atoms with van der Waals surface area (Å²) in [6, 6.07) is 0. The summed E-state index contributed by atoms with van der Waals surface area (Å²) in [4.78, 5) is 72.3. The van der Waals surface area contributed by atoms with Crippen LogP contribution in [0.2, 0.25) is 0 Å². The van der Waals surface area contributed by atoms with Crippen LogP contribution in [0.25, 0.3) is 0 Å². The van der Waals surface area contributed by atoms with Crippen molar-refractivity contribution in [2.75, 3.05) is 39.6 Å². The molecule has 0 aromatic rings. The fraction of sp³-hybridized carbons (Fsp3) is 0.943. The first-order valence-corrected chi connectivity index (χ1v) is 39.4. The van der Waals surface area contributed by atoms with Crippen molar-refractivity contribution in [3.63, 3.8) is 0 Å². The van der Waals surface area contributed by atoms with E-state index in [1.54, 1.807) is 0 Å². The van der Waals surface area contributed by atoms with E-state index < -0.39 is 97.5 Å². The monoisotopic (exact) mass is 1310 g/mol. The lowest BCUT2D eigenvalue weighted by molar-refractivity contribution is -0.161. The van der Waals surface area contributed by atoms with Gasteiger partial charge < -0.3 is 33.8 Å². The highest BCUT2D eigenvalue weighted by Gasteiger charge is 2.30. The predicted molar refractivity (Wildman–Crippen MR) is 358 cm³/mol. The van der Waals surface area contributed by atoms with Crippen molar-refractivity contribution in [3.8, 4) is 0 Å². The molecule has 0 saturated carbocycles. The molecule has 0 saturated heterocycles. The molecular formula is C70H136O17P2. The highest BCUT2D eigenvalue weighted by Crippen LogP contribution is 2.45. The fourth-order valence-electron chi connectivity index (χ4n) is 10.5. The third-order valence-electron chi connectivity index (χ3n) is 16.5. The first kappa shape index (κ1) is 87.1. The molecule has 0 heterocycles. The number of phosphoric ester groups is 2. The maximum absolute atomic E-state index is 13.0. The van der Waals surface area contributed by atoms with Crippen molar-refractivity contribution in [2.24, 2.45) is 17.8 Å². The Balaban J connectivity index is 5.14. The largest absolute Gasteiger partial charge is 0.472 e. The summed E-state index contributed by atoms with van der Waals surface area (Å²) in [6.45, 7) is 11.8. The van der Waals surface area contributed by atoms with E-state index in [-0.39, 0.29) is 25.7 Å². The van der Waals surface area contributed by atoms with Gasteiger partial charge in [-0.1, -0.05) is 299 Å². The van der Waals surface area contributed by atoms with Crippen molar-refractivity contribution in [1.82, 2.24) is 0 Å². The Morgan fingerprint density at radius 2 is 0.573 bits per heavy atom. The third kappa shape index (κ3) is 63.2. The zero-order valence-electron chi connectivity index (χ0n) is 57.9. The fourth-order valence-corrected chi connectivity index (χ4v) is 12.1. The van der Waals surface area contributed by atoms with Crippen molar-refractivity contribution in [1.29, 1.82) is 0 Å². The van der Waals surface area contributed by atoms with Crippen LogP contribution in [0.1, 0.15) is 350 Å². The molecule has 89 heavy (non-hydrogen) atoms. The maximum Gasteiger partial charge on any atom is 0.472 e. The predicted octanol–water partition coefficient (Wildman–Crippen LogP) is 19.8. The first-order valence-electron chi connectivity index (χ1n) is 36.4. The van der Waals surface area contributed by atoms with E-state index in [4.69, 9.17) is 37.0 Å². The van der Waals surface area contributed by atoms with E-state index >= 15 is 0 Å². The number of unbranched alkanes of at least 4 members (excludes halogenated alkanes) is 35. The van der Waals surface area contributed by atoms with Crippen LogP contribution in [0.3, 0.4) is 0 Å². The van der Waals surface area contributed by atoms with Gasteiger partial charge in [0.15, 0.2) is 12.2 Å². The highest BCUT2D eigenvalue weighted by atomic mass is 31.2. The van der Waals surface area contributed by atoms with Gasteiger partial charge in [-0.15, -0.1) is 0 Å². The van der Waals surface area contributed by atoms with Gasteiger partial charge in [0.05, 0.1) is 26.4 Å². The number of hydrogen-bond acceptors (Lipinski definition) is 15. The number of carbonyl (C=O) groups excluding carboxylic acids is 4. The van der Waals surface area contributed by atoms with Crippen LogP contribution in [0.15, 0.2) is 0 Å². The molecule has 0 aromatic carbocycles. The normalized spacial score (nSPS) is 14.5. The van der Waals surface area contributed by atoms with Gasteiger partial charge in [0, 0.05) is 25.7 Å². The average molecular weight is 1310 g/mol.